The number of phenolic OH excluding ortho intramolecular Hbond substituents is 1. The summed E-state index contributed by atoms with van der Waals surface area (Å²) in [4.78, 5) is 13.2. The van der Waals surface area contributed by atoms with Crippen molar-refractivity contribution in [2.24, 2.45) is 5.92 Å². The molecule has 2 aliphatic rings. The molecule has 5 heteroatoms. The number of benzene rings is 1. The minimum Gasteiger partial charge on any atom is -0.508 e. The molecule has 0 amide bonds. The maximum atomic E-state index is 10.9. The lowest BCUT2D eigenvalue weighted by Crippen LogP contribution is -2.45. The number of ether oxygens (including phenoxy) is 1. The molecule has 2 heterocycles. The third-order valence-electron chi connectivity index (χ3n) is 4.81. The molecule has 2 aliphatic heterocycles. The molecular formula is C16H21NO4. The topological polar surface area (TPSA) is 70.0 Å². The van der Waals surface area contributed by atoms with Gasteiger partial charge in [0.1, 0.15) is 11.5 Å². The van der Waals surface area contributed by atoms with Crippen molar-refractivity contribution >= 4 is 5.97 Å². The van der Waals surface area contributed by atoms with Crippen LogP contribution in [0.3, 0.4) is 0 Å². The van der Waals surface area contributed by atoms with Gasteiger partial charge in [-0.25, -0.2) is 0 Å². The van der Waals surface area contributed by atoms with Gasteiger partial charge < -0.3 is 19.8 Å². The van der Waals surface area contributed by atoms with E-state index in [2.05, 4.69) is 4.90 Å². The largest absolute Gasteiger partial charge is 0.508 e. The molecule has 0 radical (unpaired) electrons. The maximum Gasteiger partial charge on any atom is 0.307 e. The third-order valence-corrected chi connectivity index (χ3v) is 4.81. The molecule has 5 nitrogen and oxygen atoms in total. The van der Waals surface area contributed by atoms with E-state index in [1.807, 2.05) is 6.07 Å². The predicted molar refractivity (Wildman–Crippen MR) is 77.8 cm³/mol. The molecular weight excluding hydrogens is 270 g/mol. The van der Waals surface area contributed by atoms with Crippen molar-refractivity contribution in [3.63, 3.8) is 0 Å². The van der Waals surface area contributed by atoms with E-state index in [1.54, 1.807) is 19.1 Å². The average Bonchev–Trinajstić information content (AvgIpc) is 2.79. The Kier molecular flexibility index (Phi) is 3.53. The van der Waals surface area contributed by atoms with Crippen LogP contribution in [-0.4, -0.2) is 47.3 Å². The summed E-state index contributed by atoms with van der Waals surface area (Å²) in [6.07, 6.45) is 1.94. The molecule has 1 aromatic carbocycles. The zero-order chi connectivity index (χ0) is 15.0. The third kappa shape index (κ3) is 2.58. The summed E-state index contributed by atoms with van der Waals surface area (Å²) in [5.74, 6) is -0.0377. The molecule has 2 N–H and O–H groups in total. The zero-order valence-electron chi connectivity index (χ0n) is 12.2. The number of aromatic hydroxyl groups is 1. The van der Waals surface area contributed by atoms with Gasteiger partial charge in [-0.3, -0.25) is 4.79 Å². The van der Waals surface area contributed by atoms with E-state index >= 15 is 0 Å². The summed E-state index contributed by atoms with van der Waals surface area (Å²) >= 11 is 0. The van der Waals surface area contributed by atoms with Crippen molar-refractivity contribution in [2.45, 2.75) is 25.2 Å². The predicted octanol–water partition coefficient (Wildman–Crippen LogP) is 1.84. The lowest BCUT2D eigenvalue weighted by molar-refractivity contribution is -0.141. The molecule has 0 bridgehead atoms. The fourth-order valence-corrected chi connectivity index (χ4v) is 3.40. The van der Waals surface area contributed by atoms with Gasteiger partial charge in [-0.1, -0.05) is 13.0 Å². The van der Waals surface area contributed by atoms with Crippen LogP contribution in [0.2, 0.25) is 0 Å². The Hall–Kier alpha value is -1.75. The summed E-state index contributed by atoms with van der Waals surface area (Å²) in [6.45, 7) is 4.80. The second kappa shape index (κ2) is 5.22. The quantitative estimate of drug-likeness (QED) is 0.889. The van der Waals surface area contributed by atoms with Crippen molar-refractivity contribution in [3.05, 3.63) is 23.8 Å². The molecule has 0 aromatic heterocycles. The molecule has 1 aromatic rings. The smallest absolute Gasteiger partial charge is 0.307 e. The van der Waals surface area contributed by atoms with E-state index < -0.39 is 5.97 Å². The number of carboxylic acid groups (broad SMARTS) is 1. The van der Waals surface area contributed by atoms with Gasteiger partial charge in [0.25, 0.3) is 0 Å². The number of rotatable bonds is 3. The zero-order valence-corrected chi connectivity index (χ0v) is 12.2. The first-order valence-electron chi connectivity index (χ1n) is 7.42. The Morgan fingerprint density at radius 3 is 2.81 bits per heavy atom. The van der Waals surface area contributed by atoms with Crippen LogP contribution >= 0.6 is 0 Å². The Bertz CT molecular complexity index is 549. The van der Waals surface area contributed by atoms with Crippen LogP contribution in [0.4, 0.5) is 0 Å². The van der Waals surface area contributed by atoms with E-state index in [0.717, 1.165) is 31.7 Å². The molecule has 0 aliphatic carbocycles. The van der Waals surface area contributed by atoms with Crippen LogP contribution in [0.5, 0.6) is 11.5 Å². The number of fused-ring (bicyclic) bond motifs is 2. The Labute approximate surface area is 124 Å². The van der Waals surface area contributed by atoms with Gasteiger partial charge in [-0.2, -0.15) is 0 Å². The molecule has 1 saturated heterocycles. The summed E-state index contributed by atoms with van der Waals surface area (Å²) in [5.41, 5.74) is 1.22. The lowest BCUT2D eigenvalue weighted by Gasteiger charge is -2.39. The van der Waals surface area contributed by atoms with Crippen LogP contribution < -0.4 is 4.74 Å². The van der Waals surface area contributed by atoms with Crippen molar-refractivity contribution < 1.29 is 19.7 Å². The molecule has 0 saturated carbocycles. The van der Waals surface area contributed by atoms with E-state index in [4.69, 9.17) is 9.84 Å². The maximum absolute atomic E-state index is 10.9. The van der Waals surface area contributed by atoms with Gasteiger partial charge in [0.15, 0.2) is 0 Å². The van der Waals surface area contributed by atoms with E-state index in [1.165, 1.54) is 5.56 Å². The highest BCUT2D eigenvalue weighted by Gasteiger charge is 2.43. The number of hydrogen-bond donors (Lipinski definition) is 2. The fourth-order valence-electron chi connectivity index (χ4n) is 3.40. The van der Waals surface area contributed by atoms with Crippen LogP contribution in [-0.2, 0) is 10.2 Å². The first-order valence-corrected chi connectivity index (χ1v) is 7.42. The number of nitrogens with zero attached hydrogens (tertiary/aromatic N) is 1. The van der Waals surface area contributed by atoms with Crippen molar-refractivity contribution in [1.29, 1.82) is 0 Å². The van der Waals surface area contributed by atoms with Crippen LogP contribution in [0, 0.1) is 5.92 Å². The fraction of sp³-hybridized carbons (Fsp3) is 0.562. The molecule has 3 rings (SSSR count). The van der Waals surface area contributed by atoms with Crippen molar-refractivity contribution in [1.82, 2.24) is 4.90 Å². The highest BCUT2D eigenvalue weighted by Crippen LogP contribution is 2.46. The normalized spacial score (nSPS) is 21.8. The Balaban J connectivity index is 1.68. The van der Waals surface area contributed by atoms with Gasteiger partial charge in [-0.05, 0) is 32.0 Å². The van der Waals surface area contributed by atoms with Gasteiger partial charge in [0.2, 0.25) is 0 Å². The lowest BCUT2D eigenvalue weighted by atomic mass is 9.74. The minimum atomic E-state index is -0.736. The Morgan fingerprint density at radius 2 is 2.14 bits per heavy atom. The number of likely N-dealkylation sites (tertiary alicyclic amines) is 1. The molecule has 1 unspecified atom stereocenters. The number of aliphatic carboxylic acids is 1. The average molecular weight is 291 g/mol. The summed E-state index contributed by atoms with van der Waals surface area (Å²) in [6, 6.07) is 5.37. The van der Waals surface area contributed by atoms with Gasteiger partial charge in [0.05, 0.1) is 12.5 Å². The van der Waals surface area contributed by atoms with Crippen LogP contribution in [0.25, 0.3) is 0 Å². The molecule has 1 atom stereocenters. The number of hydrogen-bond acceptors (Lipinski definition) is 4. The second-order valence-corrected chi connectivity index (χ2v) is 6.29. The van der Waals surface area contributed by atoms with E-state index in [9.17, 15) is 9.90 Å². The number of carbonyl (C=O) groups is 1. The van der Waals surface area contributed by atoms with Crippen LogP contribution in [0.1, 0.15) is 25.3 Å². The second-order valence-electron chi connectivity index (χ2n) is 6.29. The Morgan fingerprint density at radius 1 is 1.43 bits per heavy atom. The van der Waals surface area contributed by atoms with E-state index in [-0.39, 0.29) is 17.1 Å². The van der Waals surface area contributed by atoms with E-state index in [0.29, 0.717) is 13.2 Å². The van der Waals surface area contributed by atoms with Crippen molar-refractivity contribution in [2.75, 3.05) is 26.2 Å². The minimum absolute atomic E-state index is 0.0337. The summed E-state index contributed by atoms with van der Waals surface area (Å²) in [7, 11) is 0. The van der Waals surface area contributed by atoms with Gasteiger partial charge in [0, 0.05) is 23.6 Å². The highest BCUT2D eigenvalue weighted by atomic mass is 16.5. The first-order chi connectivity index (χ1) is 10.00. The molecule has 21 heavy (non-hydrogen) atoms. The highest BCUT2D eigenvalue weighted by molar-refractivity contribution is 5.69. The van der Waals surface area contributed by atoms with Gasteiger partial charge in [-0.15, -0.1) is 0 Å². The number of piperidine rings is 1. The van der Waals surface area contributed by atoms with Crippen molar-refractivity contribution in [3.8, 4) is 11.5 Å². The van der Waals surface area contributed by atoms with Crippen LogP contribution in [0.15, 0.2) is 18.2 Å². The summed E-state index contributed by atoms with van der Waals surface area (Å²) < 4.78 is 5.75. The summed E-state index contributed by atoms with van der Waals surface area (Å²) in [5, 5.41) is 18.5. The number of carboxylic acids is 1. The SMILES string of the molecule is CC(CN1CCC2(CC1)COc1cc(O)ccc12)C(=O)O. The standard InChI is InChI=1S/C16H21NO4/c1-11(15(19)20)9-17-6-4-16(5-7-17)10-21-14-8-12(18)2-3-13(14)16/h2-3,8,11,18H,4-7,9-10H2,1H3,(H,19,20). The van der Waals surface area contributed by atoms with Gasteiger partial charge >= 0.3 is 5.97 Å². The molecule has 1 spiro atoms. The molecule has 1 fully saturated rings. The first kappa shape index (κ1) is 14.2. The number of phenols is 1. The monoisotopic (exact) mass is 291 g/mol. The molecule has 114 valence electrons.